The first-order valence-electron chi connectivity index (χ1n) is 7.61. The average Bonchev–Trinajstić information content (AvgIpc) is 3.11. The van der Waals surface area contributed by atoms with Gasteiger partial charge in [-0.3, -0.25) is 0 Å². The molecule has 0 fully saturated rings. The van der Waals surface area contributed by atoms with Gasteiger partial charge in [0.2, 0.25) is 21.8 Å². The van der Waals surface area contributed by atoms with Gasteiger partial charge in [-0.05, 0) is 55.0 Å². The Morgan fingerprint density at radius 3 is 2.54 bits per heavy atom. The van der Waals surface area contributed by atoms with Crippen LogP contribution < -0.4 is 9.46 Å². The van der Waals surface area contributed by atoms with Gasteiger partial charge in [-0.2, -0.15) is 0 Å². The van der Waals surface area contributed by atoms with Crippen LogP contribution in [0.5, 0.6) is 5.75 Å². The number of methoxy groups -OCH3 is 1. The Balaban J connectivity index is 1.71. The predicted octanol–water partition coefficient (Wildman–Crippen LogP) is 2.67. The lowest BCUT2D eigenvalue weighted by atomic mass is 10.2. The zero-order chi connectivity index (χ0) is 18.7. The van der Waals surface area contributed by atoms with Crippen molar-refractivity contribution < 1.29 is 22.0 Å². The number of nitrogens with one attached hydrogen (secondary N) is 1. The second-order valence-electron chi connectivity index (χ2n) is 5.46. The van der Waals surface area contributed by atoms with Gasteiger partial charge in [0.1, 0.15) is 11.6 Å². The van der Waals surface area contributed by atoms with Gasteiger partial charge in [0.25, 0.3) is 0 Å². The lowest BCUT2D eigenvalue weighted by Gasteiger charge is -2.06. The van der Waals surface area contributed by atoms with Crippen LogP contribution in [0.25, 0.3) is 11.5 Å². The first kappa shape index (κ1) is 18.0. The van der Waals surface area contributed by atoms with E-state index in [1.807, 2.05) is 0 Å². The highest BCUT2D eigenvalue weighted by molar-refractivity contribution is 7.89. The number of sulfonamides is 1. The number of hydrogen-bond donors (Lipinski definition) is 1. The lowest BCUT2D eigenvalue weighted by molar-refractivity contribution is 0.415. The molecule has 7 nitrogen and oxygen atoms in total. The number of rotatable bonds is 6. The van der Waals surface area contributed by atoms with E-state index in [1.165, 1.54) is 19.1 Å². The van der Waals surface area contributed by atoms with Crippen LogP contribution in [0.1, 0.15) is 11.5 Å². The molecule has 1 N–H and O–H groups in total. The molecule has 1 heterocycles. The highest BCUT2D eigenvalue weighted by Gasteiger charge is 2.17. The lowest BCUT2D eigenvalue weighted by Crippen LogP contribution is -2.23. The molecule has 0 spiro atoms. The molecule has 0 aliphatic rings. The van der Waals surface area contributed by atoms with Crippen molar-refractivity contribution in [3.63, 3.8) is 0 Å². The van der Waals surface area contributed by atoms with Crippen molar-refractivity contribution >= 4 is 10.0 Å². The van der Waals surface area contributed by atoms with Crippen molar-refractivity contribution in [2.45, 2.75) is 18.4 Å². The minimum Gasteiger partial charge on any atom is -0.497 e. The minimum atomic E-state index is -3.82. The molecule has 136 valence electrons. The number of benzene rings is 2. The van der Waals surface area contributed by atoms with Gasteiger partial charge < -0.3 is 9.15 Å². The fourth-order valence-electron chi connectivity index (χ4n) is 2.20. The molecule has 1 aromatic heterocycles. The summed E-state index contributed by atoms with van der Waals surface area (Å²) in [6.07, 6.45) is 0. The quantitative estimate of drug-likeness (QED) is 0.710. The van der Waals surface area contributed by atoms with Crippen LogP contribution in [0.15, 0.2) is 51.8 Å². The molecular weight excluding hydrogens is 361 g/mol. The summed E-state index contributed by atoms with van der Waals surface area (Å²) in [5.74, 6) is 0.596. The minimum absolute atomic E-state index is 0.0358. The highest BCUT2D eigenvalue weighted by Crippen LogP contribution is 2.21. The Labute approximate surface area is 149 Å². The topological polar surface area (TPSA) is 94.3 Å². The maximum atomic E-state index is 13.3. The van der Waals surface area contributed by atoms with Gasteiger partial charge in [0.05, 0.1) is 18.6 Å². The van der Waals surface area contributed by atoms with E-state index < -0.39 is 15.8 Å². The third-order valence-corrected chi connectivity index (χ3v) is 5.06. The molecular formula is C17H16FN3O4S. The van der Waals surface area contributed by atoms with Gasteiger partial charge in [-0.25, -0.2) is 17.5 Å². The summed E-state index contributed by atoms with van der Waals surface area (Å²) in [5.41, 5.74) is 0.925. The summed E-state index contributed by atoms with van der Waals surface area (Å²) in [4.78, 5) is -0.0358. The van der Waals surface area contributed by atoms with Gasteiger partial charge in [0, 0.05) is 5.56 Å². The molecule has 0 atom stereocenters. The third kappa shape index (κ3) is 3.89. The van der Waals surface area contributed by atoms with Gasteiger partial charge in [0.15, 0.2) is 0 Å². The number of aryl methyl sites for hydroxylation is 1. The zero-order valence-electron chi connectivity index (χ0n) is 14.1. The molecule has 0 unspecified atom stereocenters. The molecule has 0 amide bonds. The fourth-order valence-corrected chi connectivity index (χ4v) is 3.26. The number of aromatic nitrogens is 2. The molecule has 0 aliphatic heterocycles. The maximum absolute atomic E-state index is 13.3. The van der Waals surface area contributed by atoms with E-state index >= 15 is 0 Å². The Hall–Kier alpha value is -2.78. The van der Waals surface area contributed by atoms with E-state index in [0.29, 0.717) is 11.3 Å². The van der Waals surface area contributed by atoms with Crippen LogP contribution in [-0.2, 0) is 16.6 Å². The molecule has 0 radical (unpaired) electrons. The standard InChI is InChI=1S/C17H16FN3O4S/c1-11-9-14(7-8-15(11)18)26(22,23)19-10-16-20-21-17(25-16)12-3-5-13(24-2)6-4-12/h3-9,19H,10H2,1-2H3. The number of nitrogens with zero attached hydrogens (tertiary/aromatic N) is 2. The molecule has 9 heteroatoms. The first-order chi connectivity index (χ1) is 12.4. The summed E-state index contributed by atoms with van der Waals surface area (Å²) < 4.78 is 50.8. The first-order valence-corrected chi connectivity index (χ1v) is 9.10. The summed E-state index contributed by atoms with van der Waals surface area (Å²) in [6, 6.07) is 10.6. The van der Waals surface area contributed by atoms with Crippen molar-refractivity contribution in [2.75, 3.05) is 7.11 Å². The van der Waals surface area contributed by atoms with E-state index in [-0.39, 0.29) is 28.8 Å². The second-order valence-corrected chi connectivity index (χ2v) is 7.23. The van der Waals surface area contributed by atoms with Crippen LogP contribution in [0.3, 0.4) is 0 Å². The van der Waals surface area contributed by atoms with Crippen LogP contribution in [0, 0.1) is 12.7 Å². The normalized spacial score (nSPS) is 11.5. The Morgan fingerprint density at radius 2 is 1.88 bits per heavy atom. The molecule has 0 saturated heterocycles. The highest BCUT2D eigenvalue weighted by atomic mass is 32.2. The van der Waals surface area contributed by atoms with E-state index in [4.69, 9.17) is 9.15 Å². The number of halogens is 1. The third-order valence-electron chi connectivity index (χ3n) is 3.66. The van der Waals surface area contributed by atoms with Gasteiger partial charge in [-0.1, -0.05) is 0 Å². The number of hydrogen-bond acceptors (Lipinski definition) is 6. The molecule has 0 bridgehead atoms. The van der Waals surface area contributed by atoms with E-state index in [2.05, 4.69) is 14.9 Å². The zero-order valence-corrected chi connectivity index (χ0v) is 14.9. The van der Waals surface area contributed by atoms with E-state index in [1.54, 1.807) is 31.4 Å². The Morgan fingerprint density at radius 1 is 1.15 bits per heavy atom. The Bertz CT molecular complexity index is 1020. The predicted molar refractivity (Wildman–Crippen MR) is 91.4 cm³/mol. The summed E-state index contributed by atoms with van der Waals surface area (Å²) in [7, 11) is -2.26. The van der Waals surface area contributed by atoms with E-state index in [9.17, 15) is 12.8 Å². The van der Waals surface area contributed by atoms with E-state index in [0.717, 1.165) is 6.07 Å². The van der Waals surface area contributed by atoms with Crippen LogP contribution in [-0.4, -0.2) is 25.7 Å². The molecule has 26 heavy (non-hydrogen) atoms. The monoisotopic (exact) mass is 377 g/mol. The second kappa shape index (κ2) is 7.22. The SMILES string of the molecule is COc1ccc(-c2nnc(CNS(=O)(=O)c3ccc(F)c(C)c3)o2)cc1. The van der Waals surface area contributed by atoms with Crippen molar-refractivity contribution in [1.29, 1.82) is 0 Å². The van der Waals surface area contributed by atoms with Gasteiger partial charge in [-0.15, -0.1) is 10.2 Å². The maximum Gasteiger partial charge on any atom is 0.247 e. The van der Waals surface area contributed by atoms with Crippen LogP contribution in [0.2, 0.25) is 0 Å². The van der Waals surface area contributed by atoms with Gasteiger partial charge >= 0.3 is 0 Å². The molecule has 3 aromatic rings. The average molecular weight is 377 g/mol. The smallest absolute Gasteiger partial charge is 0.247 e. The van der Waals surface area contributed by atoms with Crippen LogP contribution >= 0.6 is 0 Å². The van der Waals surface area contributed by atoms with Crippen molar-refractivity contribution in [3.8, 4) is 17.2 Å². The largest absolute Gasteiger partial charge is 0.497 e. The number of ether oxygens (including phenoxy) is 1. The van der Waals surface area contributed by atoms with Crippen molar-refractivity contribution in [2.24, 2.45) is 0 Å². The van der Waals surface area contributed by atoms with Crippen molar-refractivity contribution in [1.82, 2.24) is 14.9 Å². The van der Waals surface area contributed by atoms with Crippen LogP contribution in [0.4, 0.5) is 4.39 Å². The molecule has 2 aromatic carbocycles. The summed E-state index contributed by atoms with van der Waals surface area (Å²) >= 11 is 0. The summed E-state index contributed by atoms with van der Waals surface area (Å²) in [6.45, 7) is 1.31. The molecule has 0 aliphatic carbocycles. The fraction of sp³-hybridized carbons (Fsp3) is 0.176. The Kier molecular flexibility index (Phi) is 5.01. The summed E-state index contributed by atoms with van der Waals surface area (Å²) in [5, 5.41) is 7.73. The molecule has 0 saturated carbocycles. The van der Waals surface area contributed by atoms with Crippen molar-refractivity contribution in [3.05, 3.63) is 59.7 Å². The molecule has 3 rings (SSSR count).